The average Bonchev–Trinajstić information content (AvgIpc) is 2.45. The number of nitrogens with zero attached hydrogens (tertiary/aromatic N) is 3. The summed E-state index contributed by atoms with van der Waals surface area (Å²) in [5, 5.41) is 6.64. The predicted octanol–water partition coefficient (Wildman–Crippen LogP) is 1.77. The Labute approximate surface area is 127 Å². The van der Waals surface area contributed by atoms with E-state index in [0.717, 1.165) is 50.2 Å². The molecule has 1 saturated heterocycles. The third-order valence-corrected chi connectivity index (χ3v) is 3.47. The molecular weight excluding hydrogens is 266 g/mol. The molecular formula is C15H27N5O. The molecule has 1 aliphatic heterocycles. The maximum atomic E-state index is 5.76. The molecule has 0 radical (unpaired) electrons. The Bertz CT molecular complexity index is 452. The van der Waals surface area contributed by atoms with Gasteiger partial charge in [0.25, 0.3) is 0 Å². The lowest BCUT2D eigenvalue weighted by molar-refractivity contribution is -0.0117. The van der Waals surface area contributed by atoms with Gasteiger partial charge in [0.05, 0.1) is 12.7 Å². The molecule has 0 saturated carbocycles. The molecule has 118 valence electrons. The zero-order valence-electron chi connectivity index (χ0n) is 13.5. The number of ether oxygens (including phenoxy) is 1. The highest BCUT2D eigenvalue weighted by molar-refractivity contribution is 5.47. The number of hydrogen-bond acceptors (Lipinski definition) is 6. The van der Waals surface area contributed by atoms with Crippen molar-refractivity contribution in [2.75, 3.05) is 50.5 Å². The summed E-state index contributed by atoms with van der Waals surface area (Å²) in [6.07, 6.45) is 0.212. The van der Waals surface area contributed by atoms with Crippen LogP contribution in [0.4, 0.5) is 11.6 Å². The van der Waals surface area contributed by atoms with Crippen LogP contribution in [0.5, 0.6) is 0 Å². The van der Waals surface area contributed by atoms with Crippen LogP contribution in [0.3, 0.4) is 0 Å². The maximum Gasteiger partial charge on any atom is 0.135 e. The monoisotopic (exact) mass is 293 g/mol. The fourth-order valence-electron chi connectivity index (χ4n) is 2.30. The molecule has 0 aromatic carbocycles. The lowest BCUT2D eigenvalue weighted by Gasteiger charge is -2.30. The molecule has 0 amide bonds. The molecule has 1 aromatic heterocycles. The van der Waals surface area contributed by atoms with Crippen molar-refractivity contribution in [2.45, 2.75) is 32.8 Å². The second-order valence-corrected chi connectivity index (χ2v) is 5.82. The van der Waals surface area contributed by atoms with Crippen molar-refractivity contribution >= 4 is 11.6 Å². The normalized spacial score (nSPS) is 19.8. The summed E-state index contributed by atoms with van der Waals surface area (Å²) in [5.74, 6) is 2.90. The van der Waals surface area contributed by atoms with E-state index in [1.54, 1.807) is 0 Å². The van der Waals surface area contributed by atoms with Crippen molar-refractivity contribution in [2.24, 2.45) is 0 Å². The molecule has 2 rings (SSSR count). The van der Waals surface area contributed by atoms with Crippen LogP contribution in [-0.2, 0) is 4.74 Å². The molecule has 1 aromatic rings. The zero-order chi connectivity index (χ0) is 15.2. The topological polar surface area (TPSA) is 62.3 Å². The Morgan fingerprint density at radius 3 is 2.67 bits per heavy atom. The predicted molar refractivity (Wildman–Crippen MR) is 86.0 cm³/mol. The van der Waals surface area contributed by atoms with Crippen LogP contribution in [0.25, 0.3) is 0 Å². The Balaban J connectivity index is 2.00. The van der Waals surface area contributed by atoms with Crippen LogP contribution in [0, 0.1) is 0 Å². The van der Waals surface area contributed by atoms with Gasteiger partial charge in [-0.3, -0.25) is 0 Å². The number of aromatic nitrogens is 2. The Hall–Kier alpha value is -1.40. The lowest BCUT2D eigenvalue weighted by atomic mass is 10.2. The first-order chi connectivity index (χ1) is 10.1. The fourth-order valence-corrected chi connectivity index (χ4v) is 2.30. The third kappa shape index (κ3) is 4.82. The Morgan fingerprint density at radius 2 is 2.05 bits per heavy atom. The van der Waals surface area contributed by atoms with E-state index in [9.17, 15) is 0 Å². The minimum Gasteiger partial charge on any atom is -0.374 e. The first-order valence-corrected chi connectivity index (χ1v) is 7.75. The molecule has 2 N–H and O–H groups in total. The van der Waals surface area contributed by atoms with Crippen molar-refractivity contribution < 1.29 is 4.74 Å². The molecule has 1 fully saturated rings. The quantitative estimate of drug-likeness (QED) is 0.833. The minimum atomic E-state index is 0.212. The van der Waals surface area contributed by atoms with E-state index in [1.165, 1.54) is 0 Å². The SMILES string of the molecule is CCNc1cc(NCC2CN(C)CCO2)nc(C(C)C)n1. The van der Waals surface area contributed by atoms with Gasteiger partial charge in [0.2, 0.25) is 0 Å². The number of nitrogens with one attached hydrogen (secondary N) is 2. The van der Waals surface area contributed by atoms with Crippen LogP contribution < -0.4 is 10.6 Å². The van der Waals surface area contributed by atoms with Crippen molar-refractivity contribution in [1.29, 1.82) is 0 Å². The van der Waals surface area contributed by atoms with Crippen molar-refractivity contribution in [1.82, 2.24) is 14.9 Å². The van der Waals surface area contributed by atoms with Gasteiger partial charge in [0.1, 0.15) is 17.5 Å². The molecule has 21 heavy (non-hydrogen) atoms. The van der Waals surface area contributed by atoms with E-state index in [0.29, 0.717) is 5.92 Å². The second kappa shape index (κ2) is 7.56. The summed E-state index contributed by atoms with van der Waals surface area (Å²) in [5.41, 5.74) is 0. The molecule has 0 spiro atoms. The largest absolute Gasteiger partial charge is 0.374 e. The number of anilines is 2. The van der Waals surface area contributed by atoms with Gasteiger partial charge in [0, 0.05) is 38.2 Å². The van der Waals surface area contributed by atoms with Crippen LogP contribution >= 0.6 is 0 Å². The number of hydrogen-bond donors (Lipinski definition) is 2. The summed E-state index contributed by atoms with van der Waals surface area (Å²) in [6.45, 7) is 10.7. The fraction of sp³-hybridized carbons (Fsp3) is 0.733. The number of likely N-dealkylation sites (N-methyl/N-ethyl adjacent to an activating group) is 1. The molecule has 0 aliphatic carbocycles. The maximum absolute atomic E-state index is 5.76. The highest BCUT2D eigenvalue weighted by Gasteiger charge is 2.17. The van der Waals surface area contributed by atoms with Crippen LogP contribution in [-0.4, -0.2) is 60.8 Å². The van der Waals surface area contributed by atoms with Crippen LogP contribution in [0.2, 0.25) is 0 Å². The van der Waals surface area contributed by atoms with Crippen LogP contribution in [0.15, 0.2) is 6.07 Å². The molecule has 0 bridgehead atoms. The van der Waals surface area contributed by atoms with Crippen molar-refractivity contribution in [3.05, 3.63) is 11.9 Å². The average molecular weight is 293 g/mol. The highest BCUT2D eigenvalue weighted by atomic mass is 16.5. The summed E-state index contributed by atoms with van der Waals surface area (Å²) < 4.78 is 5.76. The highest BCUT2D eigenvalue weighted by Crippen LogP contribution is 2.17. The van der Waals surface area contributed by atoms with Gasteiger partial charge in [-0.2, -0.15) is 0 Å². The summed E-state index contributed by atoms with van der Waals surface area (Å²) in [7, 11) is 2.13. The van der Waals surface area contributed by atoms with Gasteiger partial charge in [-0.25, -0.2) is 9.97 Å². The Morgan fingerprint density at radius 1 is 1.33 bits per heavy atom. The van der Waals surface area contributed by atoms with E-state index in [1.807, 2.05) is 6.07 Å². The summed E-state index contributed by atoms with van der Waals surface area (Å²) >= 11 is 0. The van der Waals surface area contributed by atoms with E-state index in [-0.39, 0.29) is 6.10 Å². The van der Waals surface area contributed by atoms with E-state index in [4.69, 9.17) is 4.74 Å². The lowest BCUT2D eigenvalue weighted by Crippen LogP contribution is -2.43. The minimum absolute atomic E-state index is 0.212. The number of morpholine rings is 1. The first-order valence-electron chi connectivity index (χ1n) is 7.75. The molecule has 6 nitrogen and oxygen atoms in total. The van der Waals surface area contributed by atoms with Gasteiger partial charge in [-0.15, -0.1) is 0 Å². The third-order valence-electron chi connectivity index (χ3n) is 3.47. The van der Waals surface area contributed by atoms with E-state index < -0.39 is 0 Å². The van der Waals surface area contributed by atoms with Gasteiger partial charge >= 0.3 is 0 Å². The molecule has 1 atom stereocenters. The Kier molecular flexibility index (Phi) is 5.76. The smallest absolute Gasteiger partial charge is 0.135 e. The zero-order valence-corrected chi connectivity index (χ0v) is 13.5. The van der Waals surface area contributed by atoms with Crippen molar-refractivity contribution in [3.8, 4) is 0 Å². The first kappa shape index (κ1) is 16.0. The van der Waals surface area contributed by atoms with Gasteiger partial charge < -0.3 is 20.3 Å². The summed E-state index contributed by atoms with van der Waals surface area (Å²) in [6, 6.07) is 1.96. The van der Waals surface area contributed by atoms with E-state index >= 15 is 0 Å². The molecule has 1 unspecified atom stereocenters. The molecule has 2 heterocycles. The van der Waals surface area contributed by atoms with Crippen LogP contribution in [0.1, 0.15) is 32.5 Å². The van der Waals surface area contributed by atoms with Gasteiger partial charge in [-0.05, 0) is 14.0 Å². The summed E-state index contributed by atoms with van der Waals surface area (Å²) in [4.78, 5) is 11.4. The molecule has 6 heteroatoms. The second-order valence-electron chi connectivity index (χ2n) is 5.82. The standard InChI is InChI=1S/C15H27N5O/c1-5-16-13-8-14(19-15(18-13)11(2)3)17-9-12-10-20(4)6-7-21-12/h8,11-12H,5-7,9-10H2,1-4H3,(H2,16,17,18,19). The number of rotatable bonds is 6. The molecule has 1 aliphatic rings. The van der Waals surface area contributed by atoms with Gasteiger partial charge in [0.15, 0.2) is 0 Å². The van der Waals surface area contributed by atoms with E-state index in [2.05, 4.69) is 53.3 Å². The van der Waals surface area contributed by atoms with Gasteiger partial charge in [-0.1, -0.05) is 13.8 Å². The van der Waals surface area contributed by atoms with Crippen molar-refractivity contribution in [3.63, 3.8) is 0 Å².